The lowest BCUT2D eigenvalue weighted by Crippen LogP contribution is -1.96. The molecule has 0 spiro atoms. The molecule has 0 bridgehead atoms. The van der Waals surface area contributed by atoms with Crippen LogP contribution in [-0.2, 0) is 6.42 Å². The van der Waals surface area contributed by atoms with Crippen molar-refractivity contribution in [1.82, 2.24) is 4.98 Å². The molecule has 1 aromatic heterocycles. The van der Waals surface area contributed by atoms with Gasteiger partial charge in [-0.05, 0) is 65.2 Å². The lowest BCUT2D eigenvalue weighted by Gasteiger charge is -2.11. The van der Waals surface area contributed by atoms with Crippen LogP contribution >= 0.6 is 47.8 Å². The molecule has 3 aromatic carbocycles. The normalized spacial score (nSPS) is 10.8. The molecule has 0 amide bonds. The van der Waals surface area contributed by atoms with E-state index in [1.165, 1.54) is 16.7 Å². The maximum atomic E-state index is 4.96. The van der Waals surface area contributed by atoms with Gasteiger partial charge < -0.3 is 0 Å². The average Bonchev–Trinajstić information content (AvgIpc) is 2.71. The van der Waals surface area contributed by atoms with Gasteiger partial charge in [-0.3, -0.25) is 4.98 Å². The molecule has 1 nitrogen and oxygen atoms in total. The molecular weight excluding hydrogens is 542 g/mol. The number of hydrogen-bond donors (Lipinski definition) is 0. The van der Waals surface area contributed by atoms with Crippen molar-refractivity contribution in [2.24, 2.45) is 0 Å². The van der Waals surface area contributed by atoms with E-state index in [2.05, 4.69) is 133 Å². The SMILES string of the molecule is Brc1ccc(Cc2cc(-c3ccc(Br)cc3)cc(-c3ccc(Br)cc3)n2)cc1. The fraction of sp³-hybridized carbons (Fsp3) is 0.0417. The maximum absolute atomic E-state index is 4.96. The van der Waals surface area contributed by atoms with E-state index in [0.717, 1.165) is 36.8 Å². The summed E-state index contributed by atoms with van der Waals surface area (Å²) in [6.07, 6.45) is 0.793. The molecule has 1 heterocycles. The van der Waals surface area contributed by atoms with Crippen molar-refractivity contribution in [3.8, 4) is 22.4 Å². The minimum atomic E-state index is 0.793. The Morgan fingerprint density at radius 3 is 1.61 bits per heavy atom. The van der Waals surface area contributed by atoms with Gasteiger partial charge in [0.05, 0.1) is 5.69 Å². The van der Waals surface area contributed by atoms with E-state index in [9.17, 15) is 0 Å². The van der Waals surface area contributed by atoms with Crippen LogP contribution in [0.4, 0.5) is 0 Å². The quantitative estimate of drug-likeness (QED) is 0.246. The Morgan fingerprint density at radius 2 is 1.04 bits per heavy atom. The number of nitrogens with zero attached hydrogens (tertiary/aromatic N) is 1. The Hall–Kier alpha value is -1.75. The lowest BCUT2D eigenvalue weighted by molar-refractivity contribution is 1.08. The standard InChI is InChI=1S/C24H16Br3N/c25-20-7-1-16(2-8-20)13-23-14-19(17-3-9-21(26)10-4-17)15-24(28-23)18-5-11-22(27)12-6-18/h1-12,14-15H,13H2. The van der Waals surface area contributed by atoms with E-state index in [4.69, 9.17) is 4.98 Å². The second-order valence-corrected chi connectivity index (χ2v) is 9.30. The third-order valence-electron chi connectivity index (χ3n) is 4.49. The Bertz CT molecular complexity index is 1020. The zero-order valence-electron chi connectivity index (χ0n) is 14.9. The smallest absolute Gasteiger partial charge is 0.0711 e. The minimum Gasteiger partial charge on any atom is -0.252 e. The molecular formula is C24H16Br3N. The summed E-state index contributed by atoms with van der Waals surface area (Å²) in [6.45, 7) is 0. The fourth-order valence-electron chi connectivity index (χ4n) is 3.07. The topological polar surface area (TPSA) is 12.9 Å². The van der Waals surface area contributed by atoms with Gasteiger partial charge in [0.15, 0.2) is 0 Å². The van der Waals surface area contributed by atoms with E-state index in [1.807, 2.05) is 0 Å². The summed E-state index contributed by atoms with van der Waals surface area (Å²) in [7, 11) is 0. The number of aromatic nitrogens is 1. The van der Waals surface area contributed by atoms with Crippen LogP contribution in [0.2, 0.25) is 0 Å². The number of pyridine rings is 1. The summed E-state index contributed by atoms with van der Waals surface area (Å²) in [5.74, 6) is 0. The molecule has 0 radical (unpaired) electrons. The molecule has 4 aromatic rings. The second-order valence-electron chi connectivity index (χ2n) is 6.55. The van der Waals surface area contributed by atoms with Gasteiger partial charge >= 0.3 is 0 Å². The van der Waals surface area contributed by atoms with Crippen LogP contribution < -0.4 is 0 Å². The number of halogens is 3. The van der Waals surface area contributed by atoms with E-state index >= 15 is 0 Å². The van der Waals surface area contributed by atoms with Crippen molar-refractivity contribution >= 4 is 47.8 Å². The van der Waals surface area contributed by atoms with E-state index in [0.29, 0.717) is 0 Å². The summed E-state index contributed by atoms with van der Waals surface area (Å²) >= 11 is 10.5. The first-order valence-corrected chi connectivity index (χ1v) is 11.2. The molecule has 4 heteroatoms. The zero-order chi connectivity index (χ0) is 19.5. The molecule has 0 unspecified atom stereocenters. The average molecular weight is 558 g/mol. The van der Waals surface area contributed by atoms with Crippen molar-refractivity contribution in [1.29, 1.82) is 0 Å². The van der Waals surface area contributed by atoms with Gasteiger partial charge in [-0.1, -0.05) is 84.2 Å². The number of benzene rings is 3. The third kappa shape index (κ3) is 4.80. The maximum Gasteiger partial charge on any atom is 0.0711 e. The Kier molecular flexibility index (Phi) is 6.10. The Morgan fingerprint density at radius 1 is 0.536 bits per heavy atom. The Balaban J connectivity index is 1.78. The van der Waals surface area contributed by atoms with Crippen molar-refractivity contribution in [3.05, 3.63) is 110 Å². The van der Waals surface area contributed by atoms with Crippen molar-refractivity contribution < 1.29 is 0 Å². The molecule has 0 saturated carbocycles. The predicted octanol–water partition coefficient (Wildman–Crippen LogP) is 8.29. The molecule has 0 fully saturated rings. The van der Waals surface area contributed by atoms with Crippen LogP contribution in [0, 0.1) is 0 Å². The highest BCUT2D eigenvalue weighted by atomic mass is 79.9. The summed E-state index contributed by atoms with van der Waals surface area (Å²) < 4.78 is 3.23. The van der Waals surface area contributed by atoms with Crippen LogP contribution in [0.5, 0.6) is 0 Å². The van der Waals surface area contributed by atoms with Gasteiger partial charge in [-0.25, -0.2) is 0 Å². The molecule has 0 aliphatic rings. The van der Waals surface area contributed by atoms with Crippen LogP contribution in [0.1, 0.15) is 11.3 Å². The fourth-order valence-corrected chi connectivity index (χ4v) is 3.86. The first kappa shape index (κ1) is 19.6. The summed E-state index contributed by atoms with van der Waals surface area (Å²) in [5.41, 5.74) is 6.75. The highest BCUT2D eigenvalue weighted by Gasteiger charge is 2.08. The highest BCUT2D eigenvalue weighted by molar-refractivity contribution is 9.11. The third-order valence-corrected chi connectivity index (χ3v) is 6.08. The highest BCUT2D eigenvalue weighted by Crippen LogP contribution is 2.29. The van der Waals surface area contributed by atoms with Crippen LogP contribution in [-0.4, -0.2) is 4.98 Å². The monoisotopic (exact) mass is 555 g/mol. The van der Waals surface area contributed by atoms with Gasteiger partial charge in [0, 0.05) is 31.1 Å². The Labute approximate surface area is 190 Å². The molecule has 0 atom stereocenters. The molecule has 28 heavy (non-hydrogen) atoms. The van der Waals surface area contributed by atoms with Crippen LogP contribution in [0.25, 0.3) is 22.4 Å². The van der Waals surface area contributed by atoms with Crippen molar-refractivity contribution in [3.63, 3.8) is 0 Å². The summed E-state index contributed by atoms with van der Waals surface area (Å²) in [5, 5.41) is 0. The van der Waals surface area contributed by atoms with Crippen LogP contribution in [0.15, 0.2) is 98.3 Å². The van der Waals surface area contributed by atoms with Crippen molar-refractivity contribution in [2.75, 3.05) is 0 Å². The first-order chi connectivity index (χ1) is 13.6. The van der Waals surface area contributed by atoms with Crippen LogP contribution in [0.3, 0.4) is 0 Å². The molecule has 0 N–H and O–H groups in total. The van der Waals surface area contributed by atoms with E-state index in [-0.39, 0.29) is 0 Å². The zero-order valence-corrected chi connectivity index (χ0v) is 19.6. The molecule has 0 aliphatic heterocycles. The lowest BCUT2D eigenvalue weighted by atomic mass is 10.00. The molecule has 138 valence electrons. The summed E-state index contributed by atoms with van der Waals surface area (Å²) in [4.78, 5) is 4.96. The van der Waals surface area contributed by atoms with Gasteiger partial charge in [-0.15, -0.1) is 0 Å². The van der Waals surface area contributed by atoms with Gasteiger partial charge in [0.25, 0.3) is 0 Å². The minimum absolute atomic E-state index is 0.793. The first-order valence-electron chi connectivity index (χ1n) is 8.84. The van der Waals surface area contributed by atoms with Gasteiger partial charge in [-0.2, -0.15) is 0 Å². The summed E-state index contributed by atoms with van der Waals surface area (Å²) in [6, 6.07) is 29.5. The van der Waals surface area contributed by atoms with E-state index in [1.54, 1.807) is 0 Å². The molecule has 4 rings (SSSR count). The second kappa shape index (κ2) is 8.73. The predicted molar refractivity (Wildman–Crippen MR) is 127 cm³/mol. The molecule has 0 saturated heterocycles. The molecule has 0 aliphatic carbocycles. The largest absolute Gasteiger partial charge is 0.252 e. The van der Waals surface area contributed by atoms with Gasteiger partial charge in [0.1, 0.15) is 0 Å². The number of hydrogen-bond acceptors (Lipinski definition) is 1. The van der Waals surface area contributed by atoms with E-state index < -0.39 is 0 Å². The van der Waals surface area contributed by atoms with Crippen molar-refractivity contribution in [2.45, 2.75) is 6.42 Å². The van der Waals surface area contributed by atoms with Gasteiger partial charge in [0.2, 0.25) is 0 Å². The number of rotatable bonds is 4.